The third kappa shape index (κ3) is 5.53. The van der Waals surface area contributed by atoms with E-state index in [0.717, 1.165) is 51.5 Å². The van der Waals surface area contributed by atoms with Crippen molar-refractivity contribution in [1.29, 1.82) is 0 Å². The van der Waals surface area contributed by atoms with Gasteiger partial charge in [-0.15, -0.1) is 0 Å². The zero-order valence-corrected chi connectivity index (χ0v) is 15.3. The predicted molar refractivity (Wildman–Crippen MR) is 101 cm³/mol. The summed E-state index contributed by atoms with van der Waals surface area (Å²) in [6.07, 6.45) is 4.00. The molecule has 2 aliphatic heterocycles. The fourth-order valence-electron chi connectivity index (χ4n) is 3.78. The van der Waals surface area contributed by atoms with Crippen LogP contribution in [0.2, 0.25) is 0 Å². The normalized spacial score (nSPS) is 21.0. The summed E-state index contributed by atoms with van der Waals surface area (Å²) in [6.45, 7) is 7.95. The molecule has 2 N–H and O–H groups in total. The Kier molecular flexibility index (Phi) is 6.84. The predicted octanol–water partition coefficient (Wildman–Crippen LogP) is 2.80. The summed E-state index contributed by atoms with van der Waals surface area (Å²) in [7, 11) is 0. The van der Waals surface area contributed by atoms with Crippen LogP contribution in [0.4, 0.5) is 5.69 Å². The van der Waals surface area contributed by atoms with E-state index in [9.17, 15) is 4.79 Å². The quantitative estimate of drug-likeness (QED) is 0.832. The van der Waals surface area contributed by atoms with Gasteiger partial charge in [0, 0.05) is 31.2 Å². The first-order chi connectivity index (χ1) is 12.2. The van der Waals surface area contributed by atoms with Crippen molar-refractivity contribution in [2.45, 2.75) is 38.6 Å². The van der Waals surface area contributed by atoms with Gasteiger partial charge in [0.05, 0.1) is 13.2 Å². The van der Waals surface area contributed by atoms with Gasteiger partial charge < -0.3 is 15.4 Å². The largest absolute Gasteiger partial charge is 0.379 e. The maximum Gasteiger partial charge on any atom is 0.224 e. The molecule has 1 aromatic rings. The first kappa shape index (κ1) is 18.4. The van der Waals surface area contributed by atoms with E-state index in [1.54, 1.807) is 0 Å². The number of anilines is 1. The van der Waals surface area contributed by atoms with Crippen LogP contribution in [0.25, 0.3) is 0 Å². The van der Waals surface area contributed by atoms with Crippen LogP contribution in [-0.2, 0) is 9.53 Å². The lowest BCUT2D eigenvalue weighted by Crippen LogP contribution is -2.38. The third-order valence-electron chi connectivity index (χ3n) is 5.48. The first-order valence-electron chi connectivity index (χ1n) is 9.64. The second-order valence-corrected chi connectivity index (χ2v) is 7.23. The number of morpholine rings is 1. The number of carbonyl (C=O) groups is 1. The third-order valence-corrected chi connectivity index (χ3v) is 5.48. The maximum atomic E-state index is 12.3. The first-order valence-corrected chi connectivity index (χ1v) is 9.64. The molecular weight excluding hydrogens is 314 g/mol. The zero-order valence-electron chi connectivity index (χ0n) is 15.3. The summed E-state index contributed by atoms with van der Waals surface area (Å²) >= 11 is 0. The van der Waals surface area contributed by atoms with Gasteiger partial charge in [-0.2, -0.15) is 0 Å². The Labute approximate surface area is 151 Å². The summed E-state index contributed by atoms with van der Waals surface area (Å²) in [6, 6.07) is 8.62. The Morgan fingerprint density at radius 2 is 2.08 bits per heavy atom. The summed E-state index contributed by atoms with van der Waals surface area (Å²) in [5.41, 5.74) is 2.16. The lowest BCUT2D eigenvalue weighted by molar-refractivity contribution is -0.116. The van der Waals surface area contributed by atoms with Gasteiger partial charge in [-0.1, -0.05) is 12.1 Å². The van der Waals surface area contributed by atoms with Gasteiger partial charge in [0.15, 0.2) is 0 Å². The van der Waals surface area contributed by atoms with Gasteiger partial charge >= 0.3 is 0 Å². The molecule has 1 amide bonds. The minimum atomic E-state index is 0.134. The van der Waals surface area contributed by atoms with Crippen molar-refractivity contribution in [3.8, 4) is 0 Å². The van der Waals surface area contributed by atoms with Crippen LogP contribution in [0.1, 0.15) is 44.2 Å². The molecule has 0 spiro atoms. The van der Waals surface area contributed by atoms with Crippen LogP contribution < -0.4 is 10.6 Å². The van der Waals surface area contributed by atoms with E-state index in [2.05, 4.69) is 34.6 Å². The molecule has 0 radical (unpaired) electrons. The standard InChI is InChI=1S/C20H31N3O2/c1-16(23-11-13-25-14-12-23)18-3-2-4-19(15-18)22-20(24)6-5-17-7-9-21-10-8-17/h2-4,15-17,21H,5-14H2,1H3,(H,22,24). The van der Waals surface area contributed by atoms with Crippen molar-refractivity contribution >= 4 is 11.6 Å². The van der Waals surface area contributed by atoms with Crippen molar-refractivity contribution < 1.29 is 9.53 Å². The van der Waals surface area contributed by atoms with Gasteiger partial charge in [-0.3, -0.25) is 9.69 Å². The number of carbonyl (C=O) groups excluding carboxylic acids is 1. The van der Waals surface area contributed by atoms with E-state index in [1.807, 2.05) is 12.1 Å². The van der Waals surface area contributed by atoms with Crippen LogP contribution in [0, 0.1) is 5.92 Å². The molecule has 1 atom stereocenters. The number of nitrogens with zero attached hydrogens (tertiary/aromatic N) is 1. The smallest absolute Gasteiger partial charge is 0.224 e. The average Bonchev–Trinajstić information content (AvgIpc) is 2.67. The van der Waals surface area contributed by atoms with E-state index in [0.29, 0.717) is 18.4 Å². The molecular formula is C20H31N3O2. The molecule has 5 heteroatoms. The summed E-state index contributed by atoms with van der Waals surface area (Å²) in [5.74, 6) is 0.828. The van der Waals surface area contributed by atoms with E-state index >= 15 is 0 Å². The van der Waals surface area contributed by atoms with Gasteiger partial charge in [-0.25, -0.2) is 0 Å². The van der Waals surface area contributed by atoms with Crippen LogP contribution >= 0.6 is 0 Å². The second-order valence-electron chi connectivity index (χ2n) is 7.23. The summed E-state index contributed by atoms with van der Waals surface area (Å²) in [5, 5.41) is 6.46. The number of ether oxygens (including phenoxy) is 1. The summed E-state index contributed by atoms with van der Waals surface area (Å²) < 4.78 is 5.44. The number of hydrogen-bond acceptors (Lipinski definition) is 4. The molecule has 2 fully saturated rings. The molecule has 0 aliphatic carbocycles. The Hall–Kier alpha value is -1.43. The summed E-state index contributed by atoms with van der Waals surface area (Å²) in [4.78, 5) is 14.7. The lowest BCUT2D eigenvalue weighted by Gasteiger charge is -2.32. The highest BCUT2D eigenvalue weighted by Crippen LogP contribution is 2.24. The number of amides is 1. The number of hydrogen-bond donors (Lipinski definition) is 2. The Morgan fingerprint density at radius 3 is 2.84 bits per heavy atom. The van der Waals surface area contributed by atoms with Crippen molar-refractivity contribution in [3.63, 3.8) is 0 Å². The molecule has 2 heterocycles. The zero-order chi connectivity index (χ0) is 17.5. The van der Waals surface area contributed by atoms with Crippen molar-refractivity contribution in [2.24, 2.45) is 5.92 Å². The molecule has 1 unspecified atom stereocenters. The molecule has 25 heavy (non-hydrogen) atoms. The number of nitrogens with one attached hydrogen (secondary N) is 2. The molecule has 0 bridgehead atoms. The molecule has 2 saturated heterocycles. The highest BCUT2D eigenvalue weighted by Gasteiger charge is 2.19. The number of rotatable bonds is 6. The fraction of sp³-hybridized carbons (Fsp3) is 0.650. The van der Waals surface area contributed by atoms with E-state index in [4.69, 9.17) is 4.74 Å². The Bertz CT molecular complexity index is 552. The SMILES string of the molecule is CC(c1cccc(NC(=O)CCC2CCNCC2)c1)N1CCOCC1. The van der Waals surface area contributed by atoms with Crippen molar-refractivity contribution in [2.75, 3.05) is 44.7 Å². The highest BCUT2D eigenvalue weighted by atomic mass is 16.5. The molecule has 3 rings (SSSR count). The van der Waals surface area contributed by atoms with Crippen LogP contribution in [0.5, 0.6) is 0 Å². The maximum absolute atomic E-state index is 12.3. The molecule has 2 aliphatic rings. The Balaban J connectivity index is 1.51. The monoisotopic (exact) mass is 345 g/mol. The van der Waals surface area contributed by atoms with Crippen LogP contribution in [0.3, 0.4) is 0 Å². The minimum absolute atomic E-state index is 0.134. The second kappa shape index (κ2) is 9.32. The number of piperidine rings is 1. The molecule has 138 valence electrons. The van der Waals surface area contributed by atoms with E-state index < -0.39 is 0 Å². The van der Waals surface area contributed by atoms with Gasteiger partial charge in [-0.05, 0) is 62.9 Å². The van der Waals surface area contributed by atoms with E-state index in [-0.39, 0.29) is 5.91 Å². The van der Waals surface area contributed by atoms with Crippen molar-refractivity contribution in [1.82, 2.24) is 10.2 Å². The molecule has 1 aromatic carbocycles. The highest BCUT2D eigenvalue weighted by molar-refractivity contribution is 5.90. The minimum Gasteiger partial charge on any atom is -0.379 e. The molecule has 0 saturated carbocycles. The number of benzene rings is 1. The van der Waals surface area contributed by atoms with Crippen molar-refractivity contribution in [3.05, 3.63) is 29.8 Å². The molecule has 5 nitrogen and oxygen atoms in total. The lowest BCUT2D eigenvalue weighted by atomic mass is 9.93. The van der Waals surface area contributed by atoms with E-state index in [1.165, 1.54) is 18.4 Å². The average molecular weight is 345 g/mol. The fourth-order valence-corrected chi connectivity index (χ4v) is 3.78. The Morgan fingerprint density at radius 1 is 1.32 bits per heavy atom. The van der Waals surface area contributed by atoms with Gasteiger partial charge in [0.25, 0.3) is 0 Å². The van der Waals surface area contributed by atoms with Gasteiger partial charge in [0.1, 0.15) is 0 Å². The van der Waals surface area contributed by atoms with Crippen LogP contribution in [-0.4, -0.2) is 50.2 Å². The van der Waals surface area contributed by atoms with Crippen LogP contribution in [0.15, 0.2) is 24.3 Å². The topological polar surface area (TPSA) is 53.6 Å². The molecule has 0 aromatic heterocycles. The van der Waals surface area contributed by atoms with Gasteiger partial charge in [0.2, 0.25) is 5.91 Å².